The maximum absolute atomic E-state index is 11.1. The van der Waals surface area contributed by atoms with Crippen LogP contribution in [-0.2, 0) is 11.3 Å². The number of hydrogen-bond acceptors (Lipinski definition) is 5. The van der Waals surface area contributed by atoms with E-state index < -0.39 is 12.0 Å². The number of carbonyl (C=O) groups is 1. The summed E-state index contributed by atoms with van der Waals surface area (Å²) in [6.45, 7) is 0.237. The van der Waals surface area contributed by atoms with Crippen molar-refractivity contribution in [3.63, 3.8) is 0 Å². The number of hydrogen-bond donors (Lipinski definition) is 2. The van der Waals surface area contributed by atoms with Crippen LogP contribution < -0.4 is 5.32 Å². The zero-order chi connectivity index (χ0) is 14.8. The molecule has 2 aromatic rings. The highest BCUT2D eigenvalue weighted by Crippen LogP contribution is 2.32. The fourth-order valence-corrected chi connectivity index (χ4v) is 2.34. The molecule has 1 saturated carbocycles. The fraction of sp³-hybridized carbons (Fsp3) is 0.357. The van der Waals surface area contributed by atoms with Crippen molar-refractivity contribution in [3.05, 3.63) is 35.2 Å². The Kier molecular flexibility index (Phi) is 3.90. The molecule has 3 rings (SSSR count). The van der Waals surface area contributed by atoms with Gasteiger partial charge in [-0.05, 0) is 30.9 Å². The van der Waals surface area contributed by atoms with Crippen molar-refractivity contribution < 1.29 is 14.4 Å². The lowest BCUT2D eigenvalue weighted by Crippen LogP contribution is -2.38. The van der Waals surface area contributed by atoms with Gasteiger partial charge in [-0.3, -0.25) is 10.1 Å². The predicted molar refractivity (Wildman–Crippen MR) is 75.7 cm³/mol. The minimum atomic E-state index is -0.841. The Balaban J connectivity index is 1.66. The van der Waals surface area contributed by atoms with E-state index in [2.05, 4.69) is 15.5 Å². The van der Waals surface area contributed by atoms with E-state index in [4.69, 9.17) is 21.2 Å². The predicted octanol–water partition coefficient (Wildman–Crippen LogP) is 2.34. The number of aliphatic carboxylic acids is 1. The van der Waals surface area contributed by atoms with Crippen molar-refractivity contribution in [1.82, 2.24) is 15.5 Å². The summed E-state index contributed by atoms with van der Waals surface area (Å²) in [4.78, 5) is 15.4. The summed E-state index contributed by atoms with van der Waals surface area (Å²) >= 11 is 5.92. The first kappa shape index (κ1) is 14.0. The second-order valence-electron chi connectivity index (χ2n) is 5.06. The highest BCUT2D eigenvalue weighted by atomic mass is 35.5. The molecular formula is C14H14ClN3O3. The summed E-state index contributed by atoms with van der Waals surface area (Å²) in [6.07, 6.45) is 1.89. The standard InChI is InChI=1S/C14H14ClN3O3/c15-10-3-1-2-9(6-10)13-17-11(21-18-13)7-16-12(14(19)20)8-4-5-8/h1-3,6,8,12,16H,4-5,7H2,(H,19,20). The zero-order valence-corrected chi connectivity index (χ0v) is 11.9. The van der Waals surface area contributed by atoms with E-state index in [0.29, 0.717) is 16.7 Å². The number of nitrogens with zero attached hydrogens (tertiary/aromatic N) is 2. The summed E-state index contributed by atoms with van der Waals surface area (Å²) in [5.41, 5.74) is 0.759. The topological polar surface area (TPSA) is 88.2 Å². The van der Waals surface area contributed by atoms with Gasteiger partial charge in [0.25, 0.3) is 0 Å². The summed E-state index contributed by atoms with van der Waals surface area (Å²) < 4.78 is 5.13. The van der Waals surface area contributed by atoms with Gasteiger partial charge in [0.2, 0.25) is 11.7 Å². The normalized spacial score (nSPS) is 15.9. The minimum absolute atomic E-state index is 0.206. The molecule has 0 spiro atoms. The Hall–Kier alpha value is -1.92. The molecular weight excluding hydrogens is 294 g/mol. The molecule has 1 unspecified atom stereocenters. The third-order valence-corrected chi connectivity index (χ3v) is 3.62. The zero-order valence-electron chi connectivity index (χ0n) is 11.1. The van der Waals surface area contributed by atoms with Gasteiger partial charge in [-0.25, -0.2) is 0 Å². The van der Waals surface area contributed by atoms with E-state index >= 15 is 0 Å². The average molecular weight is 308 g/mol. The van der Waals surface area contributed by atoms with Crippen molar-refractivity contribution in [3.8, 4) is 11.4 Å². The first-order valence-electron chi connectivity index (χ1n) is 6.68. The molecule has 0 bridgehead atoms. The van der Waals surface area contributed by atoms with Crippen LogP contribution in [-0.4, -0.2) is 27.3 Å². The van der Waals surface area contributed by atoms with Gasteiger partial charge in [0.15, 0.2) is 0 Å². The molecule has 1 aliphatic carbocycles. The Labute approximate surface area is 126 Å². The SMILES string of the molecule is O=C(O)C(NCc1nc(-c2cccc(Cl)c2)no1)C1CC1. The van der Waals surface area contributed by atoms with Crippen LogP contribution in [0.15, 0.2) is 28.8 Å². The molecule has 1 aliphatic rings. The summed E-state index contributed by atoms with van der Waals surface area (Å²) in [5, 5.41) is 16.6. The van der Waals surface area contributed by atoms with Gasteiger partial charge >= 0.3 is 5.97 Å². The average Bonchev–Trinajstić information content (AvgIpc) is 3.16. The fourth-order valence-electron chi connectivity index (χ4n) is 2.15. The van der Waals surface area contributed by atoms with E-state index in [0.717, 1.165) is 18.4 Å². The Bertz CT molecular complexity index is 654. The largest absolute Gasteiger partial charge is 0.480 e. The van der Waals surface area contributed by atoms with Crippen molar-refractivity contribution in [1.29, 1.82) is 0 Å². The van der Waals surface area contributed by atoms with Gasteiger partial charge in [-0.15, -0.1) is 0 Å². The molecule has 0 aliphatic heterocycles. The number of halogens is 1. The summed E-state index contributed by atoms with van der Waals surface area (Å²) in [6, 6.07) is 6.60. The van der Waals surface area contributed by atoms with Crippen molar-refractivity contribution in [2.75, 3.05) is 0 Å². The second kappa shape index (κ2) is 5.83. The van der Waals surface area contributed by atoms with Crippen LogP contribution in [0.4, 0.5) is 0 Å². The van der Waals surface area contributed by atoms with Gasteiger partial charge in [0.1, 0.15) is 6.04 Å². The van der Waals surface area contributed by atoms with Crippen LogP contribution in [0.5, 0.6) is 0 Å². The summed E-state index contributed by atoms with van der Waals surface area (Å²) in [5.74, 6) is 0.161. The van der Waals surface area contributed by atoms with Crippen molar-refractivity contribution in [2.45, 2.75) is 25.4 Å². The molecule has 6 nitrogen and oxygen atoms in total. The molecule has 0 amide bonds. The minimum Gasteiger partial charge on any atom is -0.480 e. The molecule has 21 heavy (non-hydrogen) atoms. The number of nitrogens with one attached hydrogen (secondary N) is 1. The molecule has 1 heterocycles. The number of aromatic nitrogens is 2. The number of benzene rings is 1. The van der Waals surface area contributed by atoms with Crippen LogP contribution in [0.1, 0.15) is 18.7 Å². The van der Waals surface area contributed by atoms with Crippen LogP contribution >= 0.6 is 11.6 Å². The highest BCUT2D eigenvalue weighted by molar-refractivity contribution is 6.30. The molecule has 1 aromatic carbocycles. The Morgan fingerprint density at radius 1 is 1.52 bits per heavy atom. The molecule has 1 aromatic heterocycles. The maximum Gasteiger partial charge on any atom is 0.320 e. The summed E-state index contributed by atoms with van der Waals surface area (Å²) in [7, 11) is 0. The lowest BCUT2D eigenvalue weighted by Gasteiger charge is -2.10. The van der Waals surface area contributed by atoms with Crippen LogP contribution in [0.25, 0.3) is 11.4 Å². The monoisotopic (exact) mass is 307 g/mol. The first-order valence-corrected chi connectivity index (χ1v) is 7.06. The number of carboxylic acids is 1. The van der Waals surface area contributed by atoms with Gasteiger partial charge < -0.3 is 9.63 Å². The van der Waals surface area contributed by atoms with Gasteiger partial charge in [-0.1, -0.05) is 28.9 Å². The third kappa shape index (κ3) is 3.40. The van der Waals surface area contributed by atoms with Gasteiger partial charge in [-0.2, -0.15) is 4.98 Å². The molecule has 0 saturated heterocycles. The van der Waals surface area contributed by atoms with E-state index in [-0.39, 0.29) is 12.5 Å². The lowest BCUT2D eigenvalue weighted by atomic mass is 10.2. The molecule has 1 fully saturated rings. The van der Waals surface area contributed by atoms with Gasteiger partial charge in [0.05, 0.1) is 6.54 Å². The van der Waals surface area contributed by atoms with Gasteiger partial charge in [0, 0.05) is 10.6 Å². The Morgan fingerprint density at radius 2 is 2.33 bits per heavy atom. The van der Waals surface area contributed by atoms with E-state index in [1.54, 1.807) is 18.2 Å². The first-order chi connectivity index (χ1) is 10.1. The lowest BCUT2D eigenvalue weighted by molar-refractivity contribution is -0.140. The Morgan fingerprint density at radius 3 is 3.00 bits per heavy atom. The molecule has 0 radical (unpaired) electrons. The van der Waals surface area contributed by atoms with E-state index in [1.807, 2.05) is 6.07 Å². The maximum atomic E-state index is 11.1. The second-order valence-corrected chi connectivity index (χ2v) is 5.49. The molecule has 110 valence electrons. The molecule has 2 N–H and O–H groups in total. The smallest absolute Gasteiger partial charge is 0.320 e. The van der Waals surface area contributed by atoms with Crippen molar-refractivity contribution in [2.24, 2.45) is 5.92 Å². The van der Waals surface area contributed by atoms with Crippen LogP contribution in [0.2, 0.25) is 5.02 Å². The van der Waals surface area contributed by atoms with Crippen LogP contribution in [0, 0.1) is 5.92 Å². The quantitative estimate of drug-likeness (QED) is 0.851. The van der Waals surface area contributed by atoms with Crippen molar-refractivity contribution >= 4 is 17.6 Å². The van der Waals surface area contributed by atoms with E-state index in [9.17, 15) is 4.79 Å². The molecule has 1 atom stereocenters. The number of rotatable bonds is 6. The molecule has 7 heteroatoms. The van der Waals surface area contributed by atoms with E-state index in [1.165, 1.54) is 0 Å². The number of carboxylic acid groups (broad SMARTS) is 1. The third-order valence-electron chi connectivity index (χ3n) is 3.38. The highest BCUT2D eigenvalue weighted by Gasteiger charge is 2.36. The van der Waals surface area contributed by atoms with Crippen LogP contribution in [0.3, 0.4) is 0 Å².